The van der Waals surface area contributed by atoms with Crippen LogP contribution in [0, 0.1) is 12.8 Å². The Bertz CT molecular complexity index is 947. The number of halogens is 1. The van der Waals surface area contributed by atoms with E-state index in [1.54, 1.807) is 6.07 Å². The van der Waals surface area contributed by atoms with Crippen LogP contribution in [0.3, 0.4) is 0 Å². The molecule has 0 aliphatic carbocycles. The van der Waals surface area contributed by atoms with Crippen molar-refractivity contribution >= 4 is 45.5 Å². The smallest absolute Gasteiger partial charge is 0.191 e. The van der Waals surface area contributed by atoms with Crippen molar-refractivity contribution in [1.29, 1.82) is 0 Å². The van der Waals surface area contributed by atoms with Crippen LogP contribution in [0.25, 0.3) is 0 Å². The highest BCUT2D eigenvalue weighted by Crippen LogP contribution is 2.17. The van der Waals surface area contributed by atoms with Gasteiger partial charge in [-0.3, -0.25) is 0 Å². The number of aryl methyl sites for hydroxylation is 1. The van der Waals surface area contributed by atoms with Crippen molar-refractivity contribution in [3.8, 4) is 0 Å². The van der Waals surface area contributed by atoms with Gasteiger partial charge in [0.15, 0.2) is 15.8 Å². The molecule has 1 unspecified atom stereocenters. The van der Waals surface area contributed by atoms with Crippen molar-refractivity contribution in [3.63, 3.8) is 0 Å². The van der Waals surface area contributed by atoms with Crippen LogP contribution in [0.15, 0.2) is 58.4 Å². The van der Waals surface area contributed by atoms with Crippen molar-refractivity contribution in [1.82, 2.24) is 10.6 Å². The Morgan fingerprint density at radius 2 is 1.74 bits per heavy atom. The maximum absolute atomic E-state index is 11.8. The number of sulfone groups is 1. The van der Waals surface area contributed by atoms with Crippen molar-refractivity contribution in [2.75, 3.05) is 24.7 Å². The lowest BCUT2D eigenvalue weighted by Crippen LogP contribution is -2.44. The summed E-state index contributed by atoms with van der Waals surface area (Å²) >= 11 is 0. The van der Waals surface area contributed by atoms with Crippen LogP contribution in [0.4, 0.5) is 5.69 Å². The molecule has 3 N–H and O–H groups in total. The maximum Gasteiger partial charge on any atom is 0.191 e. The Balaban J connectivity index is 0.00000480. The fourth-order valence-corrected chi connectivity index (χ4v) is 4.11. The summed E-state index contributed by atoms with van der Waals surface area (Å²) in [6.45, 7) is 10.2. The standard InChI is InChI=1S/C23H34N4O2S.HI/c1-6-24-23(25-15-19-12-13-22(18(4)14-19)30(5,28)29)26-16-21(17(2)3)27-20-10-8-7-9-11-20;/h7-14,17,21,27H,6,15-16H2,1-5H3,(H2,24,25,26);1H. The lowest BCUT2D eigenvalue weighted by Gasteiger charge is -2.25. The van der Waals surface area contributed by atoms with E-state index in [2.05, 4.69) is 46.9 Å². The third-order valence-electron chi connectivity index (χ3n) is 4.82. The molecule has 0 fully saturated rings. The van der Waals surface area contributed by atoms with E-state index in [1.807, 2.05) is 44.2 Å². The molecule has 0 bridgehead atoms. The number of hydrogen-bond acceptors (Lipinski definition) is 4. The first-order valence-electron chi connectivity index (χ1n) is 10.3. The summed E-state index contributed by atoms with van der Waals surface area (Å²) in [5.41, 5.74) is 2.82. The molecule has 6 nitrogen and oxygen atoms in total. The van der Waals surface area contributed by atoms with E-state index in [0.29, 0.717) is 17.4 Å². The second-order valence-corrected chi connectivity index (χ2v) is 9.79. The Morgan fingerprint density at radius 1 is 1.06 bits per heavy atom. The van der Waals surface area contributed by atoms with E-state index in [1.165, 1.54) is 6.26 Å². The van der Waals surface area contributed by atoms with Gasteiger partial charge >= 0.3 is 0 Å². The average Bonchev–Trinajstić information content (AvgIpc) is 2.68. The molecule has 2 aromatic carbocycles. The van der Waals surface area contributed by atoms with Gasteiger partial charge in [-0.1, -0.05) is 44.2 Å². The molecule has 0 spiro atoms. The lowest BCUT2D eigenvalue weighted by molar-refractivity contribution is 0.512. The predicted molar refractivity (Wildman–Crippen MR) is 141 cm³/mol. The number of nitrogens with zero attached hydrogens (tertiary/aromatic N) is 1. The van der Waals surface area contributed by atoms with E-state index in [9.17, 15) is 8.42 Å². The van der Waals surface area contributed by atoms with Crippen LogP contribution >= 0.6 is 24.0 Å². The highest BCUT2D eigenvalue weighted by molar-refractivity contribution is 14.0. The predicted octanol–water partition coefficient (Wildman–Crippen LogP) is 4.21. The molecule has 1 atom stereocenters. The van der Waals surface area contributed by atoms with E-state index >= 15 is 0 Å². The fourth-order valence-electron chi connectivity index (χ4n) is 3.15. The normalized spacial score (nSPS) is 12.8. The Hall–Kier alpha value is -1.81. The van der Waals surface area contributed by atoms with Gasteiger partial charge in [0, 0.05) is 31.1 Å². The molecule has 0 aliphatic heterocycles. The molecule has 172 valence electrons. The molecule has 0 amide bonds. The van der Waals surface area contributed by atoms with Gasteiger partial charge in [-0.05, 0) is 49.1 Å². The van der Waals surface area contributed by atoms with E-state index < -0.39 is 9.84 Å². The van der Waals surface area contributed by atoms with Gasteiger partial charge < -0.3 is 16.0 Å². The second kappa shape index (κ2) is 12.9. The third kappa shape index (κ3) is 9.06. The molecule has 0 radical (unpaired) electrons. The summed E-state index contributed by atoms with van der Waals surface area (Å²) in [5, 5.41) is 10.3. The van der Waals surface area contributed by atoms with Gasteiger partial charge in [0.25, 0.3) is 0 Å². The Kier molecular flexibility index (Phi) is 11.3. The first-order valence-corrected chi connectivity index (χ1v) is 12.2. The summed E-state index contributed by atoms with van der Waals surface area (Å²) in [5.74, 6) is 1.18. The summed E-state index contributed by atoms with van der Waals surface area (Å²) in [4.78, 5) is 5.04. The largest absolute Gasteiger partial charge is 0.380 e. The van der Waals surface area contributed by atoms with Crippen LogP contribution in [0.1, 0.15) is 31.9 Å². The minimum Gasteiger partial charge on any atom is -0.380 e. The molecule has 31 heavy (non-hydrogen) atoms. The molecule has 0 saturated carbocycles. The molecule has 0 heterocycles. The molecule has 0 saturated heterocycles. The number of nitrogens with one attached hydrogen (secondary N) is 3. The fraction of sp³-hybridized carbons (Fsp3) is 0.435. The highest BCUT2D eigenvalue weighted by Gasteiger charge is 2.14. The maximum atomic E-state index is 11.8. The van der Waals surface area contributed by atoms with Gasteiger partial charge in [0.1, 0.15) is 0 Å². The molecular formula is C23H35IN4O2S. The van der Waals surface area contributed by atoms with E-state index in [4.69, 9.17) is 0 Å². The van der Waals surface area contributed by atoms with Crippen LogP contribution < -0.4 is 16.0 Å². The number of benzene rings is 2. The van der Waals surface area contributed by atoms with Gasteiger partial charge in [-0.25, -0.2) is 13.4 Å². The summed E-state index contributed by atoms with van der Waals surface area (Å²) in [6, 6.07) is 15.8. The van der Waals surface area contributed by atoms with Gasteiger partial charge in [-0.2, -0.15) is 0 Å². The minimum absolute atomic E-state index is 0. The number of guanidine groups is 1. The van der Waals surface area contributed by atoms with Crippen molar-refractivity contribution in [2.24, 2.45) is 10.9 Å². The molecular weight excluding hydrogens is 523 g/mol. The first-order chi connectivity index (χ1) is 14.2. The summed E-state index contributed by atoms with van der Waals surface area (Å²) < 4.78 is 23.6. The Morgan fingerprint density at radius 3 is 2.29 bits per heavy atom. The van der Waals surface area contributed by atoms with Gasteiger partial charge in [0.05, 0.1) is 11.4 Å². The SMILES string of the molecule is CCNC(=NCc1ccc(S(C)(=O)=O)c(C)c1)NCC(Nc1ccccc1)C(C)C.I. The first kappa shape index (κ1) is 27.2. The molecule has 0 aliphatic rings. The van der Waals surface area contributed by atoms with E-state index in [-0.39, 0.29) is 30.0 Å². The number of aliphatic imine (C=N–C) groups is 1. The zero-order valence-electron chi connectivity index (χ0n) is 19.0. The van der Waals surface area contributed by atoms with Crippen LogP contribution in [0.2, 0.25) is 0 Å². The zero-order chi connectivity index (χ0) is 22.1. The number of rotatable bonds is 9. The second-order valence-electron chi connectivity index (χ2n) is 7.81. The summed E-state index contributed by atoms with van der Waals surface area (Å²) in [7, 11) is -3.21. The number of anilines is 1. The Labute approximate surface area is 204 Å². The van der Waals surface area contributed by atoms with Crippen LogP contribution in [-0.4, -0.2) is 39.8 Å². The lowest BCUT2D eigenvalue weighted by atomic mass is 10.0. The summed E-state index contributed by atoms with van der Waals surface area (Å²) in [6.07, 6.45) is 1.23. The molecule has 2 aromatic rings. The topological polar surface area (TPSA) is 82.6 Å². The minimum atomic E-state index is -3.21. The molecule has 0 aromatic heterocycles. The quantitative estimate of drug-likeness (QED) is 0.244. The van der Waals surface area contributed by atoms with Crippen molar-refractivity contribution in [2.45, 2.75) is 45.2 Å². The van der Waals surface area contributed by atoms with Gasteiger partial charge in [-0.15, -0.1) is 24.0 Å². The molecule has 2 rings (SSSR count). The van der Waals surface area contributed by atoms with E-state index in [0.717, 1.165) is 35.9 Å². The third-order valence-corrected chi connectivity index (χ3v) is 6.08. The van der Waals surface area contributed by atoms with Crippen molar-refractivity contribution < 1.29 is 8.42 Å². The van der Waals surface area contributed by atoms with Crippen molar-refractivity contribution in [3.05, 3.63) is 59.7 Å². The average molecular weight is 559 g/mol. The van der Waals surface area contributed by atoms with Crippen LogP contribution in [0.5, 0.6) is 0 Å². The van der Waals surface area contributed by atoms with Crippen LogP contribution in [-0.2, 0) is 16.4 Å². The molecule has 8 heteroatoms. The highest BCUT2D eigenvalue weighted by atomic mass is 127. The monoisotopic (exact) mass is 558 g/mol. The number of para-hydroxylation sites is 1. The number of hydrogen-bond donors (Lipinski definition) is 3. The van der Waals surface area contributed by atoms with Gasteiger partial charge in [0.2, 0.25) is 0 Å². The zero-order valence-corrected chi connectivity index (χ0v) is 22.1.